The molecular formula is C21H30N6O2. The minimum Gasteiger partial charge on any atom is -0.357 e. The number of carbonyl (C=O) groups is 2. The van der Waals surface area contributed by atoms with Crippen LogP contribution in [0.1, 0.15) is 12.5 Å². The van der Waals surface area contributed by atoms with E-state index in [0.29, 0.717) is 13.1 Å². The molecule has 2 aliphatic rings. The van der Waals surface area contributed by atoms with Crippen molar-refractivity contribution in [2.24, 2.45) is 4.99 Å². The van der Waals surface area contributed by atoms with E-state index >= 15 is 0 Å². The van der Waals surface area contributed by atoms with Gasteiger partial charge in [-0.05, 0) is 12.5 Å². The van der Waals surface area contributed by atoms with Gasteiger partial charge in [0.2, 0.25) is 5.91 Å². The van der Waals surface area contributed by atoms with Crippen molar-refractivity contribution in [3.05, 3.63) is 42.0 Å². The highest BCUT2D eigenvalue weighted by molar-refractivity contribution is 6.01. The van der Waals surface area contributed by atoms with E-state index in [0.717, 1.165) is 45.2 Å². The molecule has 3 amide bonds. The maximum absolute atomic E-state index is 11.7. The molecule has 2 fully saturated rings. The number of nitrogens with zero attached hydrogens (tertiary/aromatic N) is 4. The summed E-state index contributed by atoms with van der Waals surface area (Å²) in [6.07, 6.45) is 4.37. The van der Waals surface area contributed by atoms with E-state index in [2.05, 4.69) is 49.7 Å². The van der Waals surface area contributed by atoms with Crippen molar-refractivity contribution in [1.29, 1.82) is 0 Å². The minimum absolute atomic E-state index is 0.0866. The SMILES string of the molecule is CCNC(=NCCN1C(=O)CNC1=O)N1CCN(C/C=C/c2ccccc2)CC1. The topological polar surface area (TPSA) is 80.3 Å². The van der Waals surface area contributed by atoms with Crippen LogP contribution < -0.4 is 10.6 Å². The van der Waals surface area contributed by atoms with Crippen LogP contribution in [0.15, 0.2) is 41.4 Å². The van der Waals surface area contributed by atoms with Crippen LogP contribution in [-0.4, -0.2) is 91.5 Å². The number of aliphatic imine (C=N–C) groups is 1. The number of guanidine groups is 1. The average Bonchev–Trinajstić information content (AvgIpc) is 3.06. The monoisotopic (exact) mass is 398 g/mol. The second-order valence-electron chi connectivity index (χ2n) is 7.04. The van der Waals surface area contributed by atoms with Crippen molar-refractivity contribution in [3.8, 4) is 0 Å². The van der Waals surface area contributed by atoms with Crippen LogP contribution in [0.3, 0.4) is 0 Å². The second-order valence-corrected chi connectivity index (χ2v) is 7.04. The Morgan fingerprint density at radius 2 is 1.93 bits per heavy atom. The Hall–Kier alpha value is -2.87. The lowest BCUT2D eigenvalue weighted by Crippen LogP contribution is -2.52. The molecule has 0 aromatic heterocycles. The van der Waals surface area contributed by atoms with Gasteiger partial charge >= 0.3 is 6.03 Å². The molecule has 0 radical (unpaired) electrons. The molecule has 0 unspecified atom stereocenters. The number of urea groups is 1. The first kappa shape index (κ1) is 20.9. The van der Waals surface area contributed by atoms with E-state index in [1.807, 2.05) is 25.1 Å². The van der Waals surface area contributed by atoms with E-state index in [1.165, 1.54) is 10.5 Å². The summed E-state index contributed by atoms with van der Waals surface area (Å²) >= 11 is 0. The number of piperazine rings is 1. The van der Waals surface area contributed by atoms with E-state index in [1.54, 1.807) is 0 Å². The Balaban J connectivity index is 1.45. The van der Waals surface area contributed by atoms with Crippen molar-refractivity contribution in [2.75, 3.05) is 58.9 Å². The van der Waals surface area contributed by atoms with Gasteiger partial charge in [0, 0.05) is 39.3 Å². The molecule has 2 N–H and O–H groups in total. The molecule has 0 atom stereocenters. The molecule has 0 aliphatic carbocycles. The van der Waals surface area contributed by atoms with Gasteiger partial charge in [0.1, 0.15) is 0 Å². The lowest BCUT2D eigenvalue weighted by Gasteiger charge is -2.36. The van der Waals surface area contributed by atoms with Crippen LogP contribution in [0, 0.1) is 0 Å². The van der Waals surface area contributed by atoms with E-state index in [-0.39, 0.29) is 18.5 Å². The maximum Gasteiger partial charge on any atom is 0.324 e. The molecule has 2 heterocycles. The maximum atomic E-state index is 11.7. The molecule has 0 spiro atoms. The summed E-state index contributed by atoms with van der Waals surface area (Å²) < 4.78 is 0. The number of rotatable bonds is 7. The quantitative estimate of drug-likeness (QED) is 0.404. The van der Waals surface area contributed by atoms with Gasteiger partial charge in [0.15, 0.2) is 5.96 Å². The fourth-order valence-corrected chi connectivity index (χ4v) is 3.41. The summed E-state index contributed by atoms with van der Waals surface area (Å²) in [4.78, 5) is 33.8. The zero-order chi connectivity index (χ0) is 20.5. The lowest BCUT2D eigenvalue weighted by atomic mass is 10.2. The van der Waals surface area contributed by atoms with Crippen molar-refractivity contribution in [1.82, 2.24) is 25.3 Å². The van der Waals surface area contributed by atoms with E-state index < -0.39 is 0 Å². The summed E-state index contributed by atoms with van der Waals surface area (Å²) in [6.45, 7) is 8.28. The Morgan fingerprint density at radius 1 is 1.17 bits per heavy atom. The number of imide groups is 1. The summed E-state index contributed by atoms with van der Waals surface area (Å²) in [5, 5.41) is 5.85. The van der Waals surface area contributed by atoms with Crippen LogP contribution in [0.4, 0.5) is 4.79 Å². The van der Waals surface area contributed by atoms with Crippen LogP contribution in [0.25, 0.3) is 6.08 Å². The first-order valence-corrected chi connectivity index (χ1v) is 10.2. The Morgan fingerprint density at radius 3 is 2.59 bits per heavy atom. The van der Waals surface area contributed by atoms with E-state index in [9.17, 15) is 9.59 Å². The zero-order valence-electron chi connectivity index (χ0n) is 17.0. The molecule has 0 saturated carbocycles. The number of amides is 3. The smallest absolute Gasteiger partial charge is 0.324 e. The number of carbonyl (C=O) groups excluding carboxylic acids is 2. The van der Waals surface area contributed by atoms with Gasteiger partial charge < -0.3 is 15.5 Å². The van der Waals surface area contributed by atoms with Crippen LogP contribution in [0.2, 0.25) is 0 Å². The van der Waals surface area contributed by atoms with Crippen LogP contribution in [-0.2, 0) is 4.79 Å². The summed E-state index contributed by atoms with van der Waals surface area (Å²) in [5.41, 5.74) is 1.22. The fraction of sp³-hybridized carbons (Fsp3) is 0.476. The van der Waals surface area contributed by atoms with Crippen molar-refractivity contribution >= 4 is 24.0 Å². The molecule has 156 valence electrons. The first-order chi connectivity index (χ1) is 14.2. The van der Waals surface area contributed by atoms with Crippen LogP contribution in [0.5, 0.6) is 0 Å². The third kappa shape index (κ3) is 6.05. The number of benzene rings is 1. The Bertz CT molecular complexity index is 725. The highest BCUT2D eigenvalue weighted by atomic mass is 16.2. The molecule has 29 heavy (non-hydrogen) atoms. The van der Waals surface area contributed by atoms with Crippen molar-refractivity contribution in [2.45, 2.75) is 6.92 Å². The number of nitrogens with one attached hydrogen (secondary N) is 2. The molecule has 3 rings (SSSR count). The fourth-order valence-electron chi connectivity index (χ4n) is 3.41. The van der Waals surface area contributed by atoms with Gasteiger partial charge in [-0.15, -0.1) is 0 Å². The predicted octanol–water partition coefficient (Wildman–Crippen LogP) is 0.835. The Labute approximate surface area is 172 Å². The molecule has 8 nitrogen and oxygen atoms in total. The molecule has 0 bridgehead atoms. The average molecular weight is 399 g/mol. The number of hydrogen-bond donors (Lipinski definition) is 2. The van der Waals surface area contributed by atoms with Crippen molar-refractivity contribution < 1.29 is 9.59 Å². The van der Waals surface area contributed by atoms with Gasteiger partial charge in [0.25, 0.3) is 0 Å². The molecule has 2 aliphatic heterocycles. The Kier molecular flexibility index (Phi) is 7.63. The van der Waals surface area contributed by atoms with Gasteiger partial charge in [-0.2, -0.15) is 0 Å². The predicted molar refractivity (Wildman–Crippen MR) is 115 cm³/mol. The first-order valence-electron chi connectivity index (χ1n) is 10.2. The summed E-state index contributed by atoms with van der Waals surface area (Å²) in [7, 11) is 0. The normalized spacial score (nSPS) is 18.6. The van der Waals surface area contributed by atoms with Crippen molar-refractivity contribution in [3.63, 3.8) is 0 Å². The second kappa shape index (κ2) is 10.6. The largest absolute Gasteiger partial charge is 0.357 e. The summed E-state index contributed by atoms with van der Waals surface area (Å²) in [6, 6.07) is 10.0. The van der Waals surface area contributed by atoms with Gasteiger partial charge in [0.05, 0.1) is 19.6 Å². The lowest BCUT2D eigenvalue weighted by molar-refractivity contribution is -0.124. The standard InChI is InChI=1S/C21H30N6O2/c1-2-22-20(23-10-12-27-19(28)17-24-21(27)29)26-15-13-25(14-16-26)11-6-9-18-7-4-3-5-8-18/h3-9H,2,10-17H2,1H3,(H,22,23)(H,24,29)/b9-6+. The molecule has 1 aromatic carbocycles. The zero-order valence-corrected chi connectivity index (χ0v) is 17.0. The van der Waals surface area contributed by atoms with E-state index in [4.69, 9.17) is 0 Å². The molecular weight excluding hydrogens is 368 g/mol. The molecule has 8 heteroatoms. The van der Waals surface area contributed by atoms with Gasteiger partial charge in [-0.3, -0.25) is 19.6 Å². The molecule has 2 saturated heterocycles. The highest BCUT2D eigenvalue weighted by Gasteiger charge is 2.27. The third-order valence-electron chi connectivity index (χ3n) is 5.00. The van der Waals surface area contributed by atoms with Crippen LogP contribution >= 0.6 is 0 Å². The number of hydrogen-bond acceptors (Lipinski definition) is 4. The van der Waals surface area contributed by atoms with Gasteiger partial charge in [-0.1, -0.05) is 42.5 Å². The molecule has 1 aromatic rings. The van der Waals surface area contributed by atoms with Gasteiger partial charge in [-0.25, -0.2) is 4.79 Å². The highest BCUT2D eigenvalue weighted by Crippen LogP contribution is 2.05. The third-order valence-corrected chi connectivity index (χ3v) is 5.00. The minimum atomic E-state index is -0.327. The summed E-state index contributed by atoms with van der Waals surface area (Å²) in [5.74, 6) is 0.659.